The van der Waals surface area contributed by atoms with Crippen molar-refractivity contribution in [2.75, 3.05) is 20.2 Å². The molecule has 1 aromatic carbocycles. The highest BCUT2D eigenvalue weighted by atomic mass is 16.5. The molecule has 3 rings (SSSR count). The molecule has 0 fully saturated rings. The number of methoxy groups -OCH3 is 1. The number of nitrogens with one attached hydrogen (secondary N) is 2. The van der Waals surface area contributed by atoms with Gasteiger partial charge in [0.2, 0.25) is 5.88 Å². The zero-order valence-corrected chi connectivity index (χ0v) is 14.7. The van der Waals surface area contributed by atoms with Crippen LogP contribution in [0.4, 0.5) is 0 Å². The highest BCUT2D eigenvalue weighted by Crippen LogP contribution is 2.27. The molecule has 6 heteroatoms. The van der Waals surface area contributed by atoms with Gasteiger partial charge in [0.25, 0.3) is 0 Å². The monoisotopic (exact) mass is 340 g/mol. The molecule has 132 valence electrons. The van der Waals surface area contributed by atoms with Crippen LogP contribution < -0.4 is 20.1 Å². The second kappa shape index (κ2) is 8.37. The number of guanidine groups is 1. The van der Waals surface area contributed by atoms with Gasteiger partial charge in [-0.15, -0.1) is 0 Å². The summed E-state index contributed by atoms with van der Waals surface area (Å²) in [5.41, 5.74) is 2.31. The summed E-state index contributed by atoms with van der Waals surface area (Å²) < 4.78 is 11.1. The van der Waals surface area contributed by atoms with E-state index in [2.05, 4.69) is 33.6 Å². The molecule has 0 saturated heterocycles. The van der Waals surface area contributed by atoms with E-state index >= 15 is 0 Å². The molecule has 0 aliphatic carbocycles. The second-order valence-corrected chi connectivity index (χ2v) is 5.83. The highest BCUT2D eigenvalue weighted by Gasteiger charge is 2.22. The molecule has 0 saturated carbocycles. The van der Waals surface area contributed by atoms with Crippen molar-refractivity contribution >= 4 is 5.96 Å². The standard InChI is InChI=1S/C19H24N4O2/c1-3-20-19(22-12-14-8-9-21-18(10-14)24-2)23-13-16-11-15-6-4-5-7-17(15)25-16/h4-10,16H,3,11-13H2,1-2H3,(H2,20,22,23). The van der Waals surface area contributed by atoms with Gasteiger partial charge in [0.1, 0.15) is 11.9 Å². The molecule has 25 heavy (non-hydrogen) atoms. The fourth-order valence-electron chi connectivity index (χ4n) is 2.75. The van der Waals surface area contributed by atoms with Crippen LogP contribution >= 0.6 is 0 Å². The van der Waals surface area contributed by atoms with Gasteiger partial charge in [0.15, 0.2) is 5.96 Å². The number of nitrogens with zero attached hydrogens (tertiary/aromatic N) is 2. The Hall–Kier alpha value is -2.76. The maximum Gasteiger partial charge on any atom is 0.213 e. The van der Waals surface area contributed by atoms with Gasteiger partial charge >= 0.3 is 0 Å². The lowest BCUT2D eigenvalue weighted by Gasteiger charge is -2.15. The maximum atomic E-state index is 5.96. The lowest BCUT2D eigenvalue weighted by atomic mass is 10.1. The number of aliphatic imine (C=N–C) groups is 1. The van der Waals surface area contributed by atoms with E-state index in [1.165, 1.54) is 5.56 Å². The van der Waals surface area contributed by atoms with E-state index in [0.717, 1.165) is 30.2 Å². The molecule has 2 aromatic rings. The fourth-order valence-corrected chi connectivity index (χ4v) is 2.75. The molecule has 2 N–H and O–H groups in total. The van der Waals surface area contributed by atoms with Crippen molar-refractivity contribution in [2.24, 2.45) is 4.99 Å². The van der Waals surface area contributed by atoms with Crippen molar-refractivity contribution < 1.29 is 9.47 Å². The van der Waals surface area contributed by atoms with Crippen molar-refractivity contribution in [3.8, 4) is 11.6 Å². The van der Waals surface area contributed by atoms with Gasteiger partial charge in [-0.3, -0.25) is 0 Å². The van der Waals surface area contributed by atoms with Gasteiger partial charge in [-0.25, -0.2) is 9.98 Å². The van der Waals surface area contributed by atoms with E-state index in [4.69, 9.17) is 9.47 Å². The van der Waals surface area contributed by atoms with E-state index in [1.807, 2.05) is 30.3 Å². The van der Waals surface area contributed by atoms with E-state index in [9.17, 15) is 0 Å². The molecule has 0 bridgehead atoms. The van der Waals surface area contributed by atoms with Gasteiger partial charge in [0.05, 0.1) is 20.2 Å². The number of pyridine rings is 1. The number of rotatable bonds is 6. The Morgan fingerprint density at radius 1 is 1.32 bits per heavy atom. The van der Waals surface area contributed by atoms with E-state index in [-0.39, 0.29) is 6.10 Å². The van der Waals surface area contributed by atoms with Crippen molar-refractivity contribution in [1.82, 2.24) is 15.6 Å². The van der Waals surface area contributed by atoms with Gasteiger partial charge in [0, 0.05) is 25.2 Å². The van der Waals surface area contributed by atoms with Gasteiger partial charge in [-0.2, -0.15) is 0 Å². The third-order valence-corrected chi connectivity index (χ3v) is 3.98. The van der Waals surface area contributed by atoms with Crippen molar-refractivity contribution in [1.29, 1.82) is 0 Å². The lowest BCUT2D eigenvalue weighted by Crippen LogP contribution is -2.42. The topological polar surface area (TPSA) is 67.8 Å². The van der Waals surface area contributed by atoms with Crippen molar-refractivity contribution in [2.45, 2.75) is 26.0 Å². The van der Waals surface area contributed by atoms with Crippen LogP contribution in [-0.4, -0.2) is 37.2 Å². The van der Waals surface area contributed by atoms with Crippen LogP contribution in [0, 0.1) is 0 Å². The fraction of sp³-hybridized carbons (Fsp3) is 0.368. The summed E-state index contributed by atoms with van der Waals surface area (Å²) in [5, 5.41) is 6.63. The minimum Gasteiger partial charge on any atom is -0.488 e. The SMILES string of the molecule is CCNC(=NCc1ccnc(OC)c1)NCC1Cc2ccccc2O1. The number of hydrogen-bond acceptors (Lipinski definition) is 4. The average Bonchev–Trinajstić information content (AvgIpc) is 3.07. The zero-order chi connectivity index (χ0) is 17.5. The number of benzene rings is 1. The molecule has 1 aliphatic rings. The average molecular weight is 340 g/mol. The molecule has 1 atom stereocenters. The van der Waals surface area contributed by atoms with Crippen LogP contribution in [0.15, 0.2) is 47.6 Å². The summed E-state index contributed by atoms with van der Waals surface area (Å²) >= 11 is 0. The first kappa shape index (κ1) is 17.1. The van der Waals surface area contributed by atoms with Gasteiger partial charge < -0.3 is 20.1 Å². The Kier molecular flexibility index (Phi) is 5.72. The summed E-state index contributed by atoms with van der Waals surface area (Å²) in [4.78, 5) is 8.74. The van der Waals surface area contributed by atoms with Crippen LogP contribution in [0.25, 0.3) is 0 Å². The summed E-state index contributed by atoms with van der Waals surface area (Å²) in [6.07, 6.45) is 2.78. The summed E-state index contributed by atoms with van der Waals surface area (Å²) in [6.45, 7) is 4.12. The van der Waals surface area contributed by atoms with Gasteiger partial charge in [-0.1, -0.05) is 18.2 Å². The quantitative estimate of drug-likeness (QED) is 0.623. The molecule has 0 spiro atoms. The summed E-state index contributed by atoms with van der Waals surface area (Å²) in [7, 11) is 1.61. The molecule has 1 unspecified atom stereocenters. The van der Waals surface area contributed by atoms with Crippen molar-refractivity contribution in [3.05, 3.63) is 53.7 Å². The number of fused-ring (bicyclic) bond motifs is 1. The third kappa shape index (κ3) is 4.62. The van der Waals surface area contributed by atoms with Crippen molar-refractivity contribution in [3.63, 3.8) is 0 Å². The molecule has 6 nitrogen and oxygen atoms in total. The Morgan fingerprint density at radius 3 is 3.00 bits per heavy atom. The van der Waals surface area contributed by atoms with Crippen LogP contribution in [0.1, 0.15) is 18.1 Å². The first-order valence-electron chi connectivity index (χ1n) is 8.54. The molecular weight excluding hydrogens is 316 g/mol. The number of hydrogen-bond donors (Lipinski definition) is 2. The molecule has 1 aliphatic heterocycles. The molecule has 2 heterocycles. The molecule has 0 amide bonds. The first-order valence-corrected chi connectivity index (χ1v) is 8.54. The Balaban J connectivity index is 1.56. The molecule has 1 aromatic heterocycles. The van der Waals surface area contributed by atoms with E-state index < -0.39 is 0 Å². The van der Waals surface area contributed by atoms with Crippen LogP contribution in [0.5, 0.6) is 11.6 Å². The largest absolute Gasteiger partial charge is 0.488 e. The third-order valence-electron chi connectivity index (χ3n) is 3.98. The number of ether oxygens (including phenoxy) is 2. The second-order valence-electron chi connectivity index (χ2n) is 5.83. The minimum atomic E-state index is 0.127. The number of aromatic nitrogens is 1. The van der Waals surface area contributed by atoms with Gasteiger partial charge in [-0.05, 0) is 30.2 Å². The number of para-hydroxylation sites is 1. The smallest absolute Gasteiger partial charge is 0.213 e. The Bertz CT molecular complexity index is 708. The Morgan fingerprint density at radius 2 is 2.20 bits per heavy atom. The minimum absolute atomic E-state index is 0.127. The van der Waals surface area contributed by atoms with E-state index in [1.54, 1.807) is 13.3 Å². The highest BCUT2D eigenvalue weighted by molar-refractivity contribution is 5.79. The normalized spacial score (nSPS) is 16.1. The first-order chi connectivity index (χ1) is 12.3. The predicted molar refractivity (Wildman–Crippen MR) is 98.2 cm³/mol. The maximum absolute atomic E-state index is 5.96. The summed E-state index contributed by atoms with van der Waals surface area (Å²) in [5.74, 6) is 2.36. The van der Waals surface area contributed by atoms with E-state index in [0.29, 0.717) is 19.0 Å². The van der Waals surface area contributed by atoms with Crippen LogP contribution in [-0.2, 0) is 13.0 Å². The zero-order valence-electron chi connectivity index (χ0n) is 14.7. The van der Waals surface area contributed by atoms with Crippen LogP contribution in [0.3, 0.4) is 0 Å². The molecular formula is C19H24N4O2. The lowest BCUT2D eigenvalue weighted by molar-refractivity contribution is 0.235. The predicted octanol–water partition coefficient (Wildman–Crippen LogP) is 2.15. The summed E-state index contributed by atoms with van der Waals surface area (Å²) in [6, 6.07) is 12.0. The van der Waals surface area contributed by atoms with Crippen LogP contribution in [0.2, 0.25) is 0 Å². The molecule has 0 radical (unpaired) electrons. The Labute approximate surface area is 148 Å².